The third kappa shape index (κ3) is 3.20. The third-order valence-corrected chi connectivity index (χ3v) is 3.82. The predicted molar refractivity (Wildman–Crippen MR) is 67.3 cm³/mol. The molecule has 88 valence electrons. The summed E-state index contributed by atoms with van der Waals surface area (Å²) in [4.78, 5) is 2.54. The van der Waals surface area contributed by atoms with Crippen molar-refractivity contribution in [1.82, 2.24) is 10.2 Å². The SMILES string of the molecule is CCC1CN(C/C=C/Cl)C(C)(CC)CN1. The summed E-state index contributed by atoms with van der Waals surface area (Å²) in [5.41, 5.74) is 1.90. The average molecular weight is 231 g/mol. The Balaban J connectivity index is 2.64. The summed E-state index contributed by atoms with van der Waals surface area (Å²) in [6.45, 7) is 9.99. The first-order valence-electron chi connectivity index (χ1n) is 5.90. The minimum absolute atomic E-state index is 0.280. The average Bonchev–Trinajstić information content (AvgIpc) is 2.28. The van der Waals surface area contributed by atoms with E-state index in [1.165, 1.54) is 12.8 Å². The molecular formula is C12H23ClN2. The first-order chi connectivity index (χ1) is 7.16. The fraction of sp³-hybridized carbons (Fsp3) is 0.833. The second-order valence-electron chi connectivity index (χ2n) is 4.60. The first-order valence-corrected chi connectivity index (χ1v) is 6.33. The number of hydrogen-bond donors (Lipinski definition) is 1. The van der Waals surface area contributed by atoms with Crippen LogP contribution in [0.1, 0.15) is 33.6 Å². The Hall–Kier alpha value is -0.0500. The molecule has 0 aliphatic carbocycles. The molecule has 1 fully saturated rings. The van der Waals surface area contributed by atoms with Crippen LogP contribution in [-0.2, 0) is 0 Å². The molecule has 1 rings (SSSR count). The van der Waals surface area contributed by atoms with Crippen LogP contribution in [0.2, 0.25) is 0 Å². The topological polar surface area (TPSA) is 15.3 Å². The van der Waals surface area contributed by atoms with Gasteiger partial charge in [-0.1, -0.05) is 31.5 Å². The summed E-state index contributed by atoms with van der Waals surface area (Å²) >= 11 is 5.60. The molecule has 2 unspecified atom stereocenters. The van der Waals surface area contributed by atoms with Crippen LogP contribution in [0.5, 0.6) is 0 Å². The van der Waals surface area contributed by atoms with Gasteiger partial charge in [0, 0.05) is 36.8 Å². The van der Waals surface area contributed by atoms with Crippen LogP contribution in [0, 0.1) is 0 Å². The Morgan fingerprint density at radius 2 is 2.27 bits per heavy atom. The zero-order chi connectivity index (χ0) is 11.3. The van der Waals surface area contributed by atoms with E-state index in [9.17, 15) is 0 Å². The highest BCUT2D eigenvalue weighted by Crippen LogP contribution is 2.23. The van der Waals surface area contributed by atoms with Gasteiger partial charge in [0.2, 0.25) is 0 Å². The lowest BCUT2D eigenvalue weighted by Crippen LogP contribution is -2.62. The normalized spacial score (nSPS) is 33.7. The molecule has 0 aromatic carbocycles. The Bertz CT molecular complexity index is 218. The van der Waals surface area contributed by atoms with Crippen LogP contribution in [0.3, 0.4) is 0 Å². The number of piperazine rings is 1. The van der Waals surface area contributed by atoms with Crippen molar-refractivity contribution < 1.29 is 0 Å². The lowest BCUT2D eigenvalue weighted by Gasteiger charge is -2.47. The molecule has 0 aromatic rings. The summed E-state index contributed by atoms with van der Waals surface area (Å²) in [6, 6.07) is 0.633. The Morgan fingerprint density at radius 1 is 1.53 bits per heavy atom. The van der Waals surface area contributed by atoms with E-state index in [-0.39, 0.29) is 5.54 Å². The van der Waals surface area contributed by atoms with Gasteiger partial charge in [-0.05, 0) is 19.8 Å². The molecule has 0 spiro atoms. The number of rotatable bonds is 4. The van der Waals surface area contributed by atoms with Crippen molar-refractivity contribution in [2.75, 3.05) is 19.6 Å². The van der Waals surface area contributed by atoms with Crippen molar-refractivity contribution in [3.05, 3.63) is 11.6 Å². The summed E-state index contributed by atoms with van der Waals surface area (Å²) in [6.07, 6.45) is 4.40. The van der Waals surface area contributed by atoms with Gasteiger partial charge in [0.05, 0.1) is 0 Å². The maximum Gasteiger partial charge on any atom is 0.0307 e. The maximum atomic E-state index is 5.60. The van der Waals surface area contributed by atoms with Gasteiger partial charge in [-0.15, -0.1) is 0 Å². The van der Waals surface area contributed by atoms with Crippen molar-refractivity contribution in [3.8, 4) is 0 Å². The minimum Gasteiger partial charge on any atom is -0.311 e. The second kappa shape index (κ2) is 5.88. The van der Waals surface area contributed by atoms with Gasteiger partial charge in [0.1, 0.15) is 0 Å². The van der Waals surface area contributed by atoms with Gasteiger partial charge in [0.25, 0.3) is 0 Å². The fourth-order valence-corrected chi connectivity index (χ4v) is 2.19. The molecule has 0 aromatic heterocycles. The molecule has 3 heteroatoms. The highest BCUT2D eigenvalue weighted by Gasteiger charge is 2.34. The van der Waals surface area contributed by atoms with Crippen LogP contribution in [0.25, 0.3) is 0 Å². The van der Waals surface area contributed by atoms with Gasteiger partial charge >= 0.3 is 0 Å². The second-order valence-corrected chi connectivity index (χ2v) is 4.86. The molecule has 1 aliphatic rings. The van der Waals surface area contributed by atoms with Crippen molar-refractivity contribution in [2.45, 2.75) is 45.2 Å². The molecule has 1 heterocycles. The summed E-state index contributed by atoms with van der Waals surface area (Å²) < 4.78 is 0. The van der Waals surface area contributed by atoms with Crippen molar-refractivity contribution >= 4 is 11.6 Å². The van der Waals surface area contributed by atoms with E-state index in [0.717, 1.165) is 19.6 Å². The molecule has 0 radical (unpaired) electrons. The van der Waals surface area contributed by atoms with Crippen molar-refractivity contribution in [1.29, 1.82) is 0 Å². The van der Waals surface area contributed by atoms with Gasteiger partial charge in [-0.3, -0.25) is 4.90 Å². The Kier molecular flexibility index (Phi) is 5.10. The molecule has 2 atom stereocenters. The highest BCUT2D eigenvalue weighted by molar-refractivity contribution is 6.25. The molecule has 15 heavy (non-hydrogen) atoms. The molecule has 2 nitrogen and oxygen atoms in total. The van der Waals surface area contributed by atoms with Gasteiger partial charge in [-0.2, -0.15) is 0 Å². The molecule has 0 bridgehead atoms. The minimum atomic E-state index is 0.280. The van der Waals surface area contributed by atoms with Gasteiger partial charge in [0.15, 0.2) is 0 Å². The Morgan fingerprint density at radius 3 is 2.80 bits per heavy atom. The van der Waals surface area contributed by atoms with Crippen molar-refractivity contribution in [2.24, 2.45) is 0 Å². The standard InChI is InChI=1S/C12H23ClN2/c1-4-11-9-15(8-6-7-13)12(3,5-2)10-14-11/h6-7,11,14H,4-5,8-10H2,1-3H3/b7-6+. The smallest absolute Gasteiger partial charge is 0.0307 e. The molecule has 1 N–H and O–H groups in total. The van der Waals surface area contributed by atoms with E-state index in [1.54, 1.807) is 5.54 Å². The molecule has 1 saturated heterocycles. The largest absolute Gasteiger partial charge is 0.311 e. The van der Waals surface area contributed by atoms with Gasteiger partial charge in [-0.25, -0.2) is 0 Å². The zero-order valence-electron chi connectivity index (χ0n) is 10.1. The Labute approximate surface area is 98.7 Å². The molecule has 0 saturated carbocycles. The zero-order valence-corrected chi connectivity index (χ0v) is 10.8. The van der Waals surface area contributed by atoms with E-state index in [0.29, 0.717) is 6.04 Å². The first kappa shape index (κ1) is 13.0. The molecule has 0 amide bonds. The van der Waals surface area contributed by atoms with E-state index >= 15 is 0 Å². The monoisotopic (exact) mass is 230 g/mol. The number of hydrogen-bond acceptors (Lipinski definition) is 2. The van der Waals surface area contributed by atoms with E-state index in [1.807, 2.05) is 6.08 Å². The molecule has 1 aliphatic heterocycles. The summed E-state index contributed by atoms with van der Waals surface area (Å²) in [5.74, 6) is 0. The predicted octanol–water partition coefficient (Wildman–Crippen LogP) is 2.59. The van der Waals surface area contributed by atoms with Crippen LogP contribution in [0.15, 0.2) is 11.6 Å². The number of halogens is 1. The number of nitrogens with zero attached hydrogens (tertiary/aromatic N) is 1. The van der Waals surface area contributed by atoms with E-state index in [2.05, 4.69) is 31.0 Å². The van der Waals surface area contributed by atoms with Crippen LogP contribution < -0.4 is 5.32 Å². The fourth-order valence-electron chi connectivity index (χ4n) is 2.11. The van der Waals surface area contributed by atoms with Crippen LogP contribution >= 0.6 is 11.6 Å². The van der Waals surface area contributed by atoms with E-state index < -0.39 is 0 Å². The van der Waals surface area contributed by atoms with Gasteiger partial charge < -0.3 is 5.32 Å². The quantitative estimate of drug-likeness (QED) is 0.799. The van der Waals surface area contributed by atoms with Crippen LogP contribution in [-0.4, -0.2) is 36.1 Å². The number of nitrogens with one attached hydrogen (secondary N) is 1. The molecular weight excluding hydrogens is 208 g/mol. The highest BCUT2D eigenvalue weighted by atomic mass is 35.5. The maximum absolute atomic E-state index is 5.60. The van der Waals surface area contributed by atoms with Crippen molar-refractivity contribution in [3.63, 3.8) is 0 Å². The van der Waals surface area contributed by atoms with Crippen LogP contribution in [0.4, 0.5) is 0 Å². The third-order valence-electron chi connectivity index (χ3n) is 3.65. The lowest BCUT2D eigenvalue weighted by atomic mass is 9.91. The lowest BCUT2D eigenvalue weighted by molar-refractivity contribution is 0.0596. The van der Waals surface area contributed by atoms with E-state index in [4.69, 9.17) is 11.6 Å². The summed E-state index contributed by atoms with van der Waals surface area (Å²) in [7, 11) is 0. The summed E-state index contributed by atoms with van der Waals surface area (Å²) in [5, 5.41) is 3.62.